The zero-order valence-electron chi connectivity index (χ0n) is 15.6. The zero-order valence-corrected chi connectivity index (χ0v) is 16.5. The number of hydrogen-bond acceptors (Lipinski definition) is 8. The van der Waals surface area contributed by atoms with Gasteiger partial charge in [-0.15, -0.1) is 0 Å². The van der Waals surface area contributed by atoms with E-state index in [9.17, 15) is 23.3 Å². The number of nitrogen functional groups attached to an aromatic ring is 1. The van der Waals surface area contributed by atoms with Gasteiger partial charge in [0.05, 0.1) is 23.2 Å². The van der Waals surface area contributed by atoms with E-state index < -0.39 is 31.6 Å². The maximum atomic E-state index is 12.6. The first-order chi connectivity index (χ1) is 14.2. The van der Waals surface area contributed by atoms with Crippen LogP contribution < -0.4 is 9.92 Å². The number of ether oxygens (including phenoxy) is 1. The third-order valence-electron chi connectivity index (χ3n) is 4.14. The molecule has 0 spiro atoms. The summed E-state index contributed by atoms with van der Waals surface area (Å²) in [6.45, 7) is 0. The van der Waals surface area contributed by atoms with Gasteiger partial charge in [-0.05, 0) is 48.0 Å². The highest BCUT2D eigenvalue weighted by molar-refractivity contribution is 7.87. The van der Waals surface area contributed by atoms with Crippen LogP contribution in [0.4, 0.5) is 11.4 Å². The Morgan fingerprint density at radius 2 is 1.73 bits per heavy atom. The Labute approximate surface area is 171 Å². The average molecular weight is 428 g/mol. The van der Waals surface area contributed by atoms with E-state index in [1.807, 2.05) is 0 Å². The number of hydrogen-bond donors (Lipinski definition) is 1. The first kappa shape index (κ1) is 20.8. The van der Waals surface area contributed by atoms with Gasteiger partial charge in [0, 0.05) is 11.8 Å². The Morgan fingerprint density at radius 1 is 1.03 bits per heavy atom. The highest BCUT2D eigenvalue weighted by Crippen LogP contribution is 2.33. The number of esters is 1. The van der Waals surface area contributed by atoms with Gasteiger partial charge in [0.15, 0.2) is 0 Å². The molecule has 0 heterocycles. The normalized spacial score (nSPS) is 11.0. The van der Waals surface area contributed by atoms with Crippen molar-refractivity contribution in [1.82, 2.24) is 0 Å². The number of benzene rings is 3. The van der Waals surface area contributed by atoms with Gasteiger partial charge in [-0.2, -0.15) is 8.42 Å². The summed E-state index contributed by atoms with van der Waals surface area (Å²) < 4.78 is 34.9. The minimum Gasteiger partial charge on any atom is -0.465 e. The van der Waals surface area contributed by atoms with E-state index in [4.69, 9.17) is 9.92 Å². The quantitative estimate of drug-likeness (QED) is 0.207. The number of nitrogens with zero attached hydrogens (tertiary/aromatic N) is 1. The summed E-state index contributed by atoms with van der Waals surface area (Å²) in [5.74, 6) is -0.801. The third kappa shape index (κ3) is 4.39. The van der Waals surface area contributed by atoms with Gasteiger partial charge >= 0.3 is 16.1 Å². The minimum absolute atomic E-state index is 0.0925. The monoisotopic (exact) mass is 428 g/mol. The molecule has 3 aromatic rings. The molecule has 0 aliphatic rings. The lowest BCUT2D eigenvalue weighted by atomic mass is 10.0. The first-order valence-electron chi connectivity index (χ1n) is 8.48. The SMILES string of the molecule is COC(=O)c1cccc(OS(=O)(=O)c2ccc(-c3ccc(N)cc3)c([N+](=O)[O-])c2)c1. The summed E-state index contributed by atoms with van der Waals surface area (Å²) in [4.78, 5) is 22.1. The third-order valence-corrected chi connectivity index (χ3v) is 5.38. The molecule has 154 valence electrons. The van der Waals surface area contributed by atoms with Crippen LogP contribution in [0.5, 0.6) is 5.75 Å². The van der Waals surface area contributed by atoms with Gasteiger partial charge in [0.25, 0.3) is 5.69 Å². The highest BCUT2D eigenvalue weighted by atomic mass is 32.2. The molecule has 0 atom stereocenters. The number of nitro benzene ring substituents is 1. The van der Waals surface area contributed by atoms with E-state index in [2.05, 4.69) is 4.74 Å². The highest BCUT2D eigenvalue weighted by Gasteiger charge is 2.24. The molecule has 0 radical (unpaired) electrons. The van der Waals surface area contributed by atoms with Crippen LogP contribution in [-0.4, -0.2) is 26.4 Å². The van der Waals surface area contributed by atoms with Crippen molar-refractivity contribution in [1.29, 1.82) is 0 Å². The predicted octanol–water partition coefficient (Wildman–Crippen LogP) is 3.40. The van der Waals surface area contributed by atoms with Crippen molar-refractivity contribution in [2.45, 2.75) is 4.90 Å². The summed E-state index contributed by atoms with van der Waals surface area (Å²) in [6.07, 6.45) is 0. The maximum Gasteiger partial charge on any atom is 0.339 e. The molecule has 0 bridgehead atoms. The van der Waals surface area contributed by atoms with Crippen molar-refractivity contribution in [3.05, 3.63) is 82.4 Å². The standard InChI is InChI=1S/C20H16N2O7S/c1-28-20(23)14-3-2-4-16(11-14)29-30(26,27)17-9-10-18(19(12-17)22(24)25)13-5-7-15(21)8-6-13/h2-12H,21H2,1H3. The molecule has 0 fully saturated rings. The Kier molecular flexibility index (Phi) is 5.70. The van der Waals surface area contributed by atoms with E-state index in [0.717, 1.165) is 6.07 Å². The number of carbonyl (C=O) groups excluding carboxylic acids is 1. The molecule has 9 nitrogen and oxygen atoms in total. The maximum absolute atomic E-state index is 12.6. The van der Waals surface area contributed by atoms with Crippen molar-refractivity contribution >= 4 is 27.5 Å². The molecule has 10 heteroatoms. The molecule has 0 aliphatic carbocycles. The van der Waals surface area contributed by atoms with Crippen LogP contribution in [0.25, 0.3) is 11.1 Å². The fourth-order valence-electron chi connectivity index (χ4n) is 2.69. The Morgan fingerprint density at radius 3 is 2.37 bits per heavy atom. The van der Waals surface area contributed by atoms with Crippen LogP contribution in [0.2, 0.25) is 0 Å². The molecule has 0 saturated heterocycles. The molecular formula is C20H16N2O7S. The van der Waals surface area contributed by atoms with Crippen LogP contribution in [-0.2, 0) is 14.9 Å². The summed E-state index contributed by atoms with van der Waals surface area (Å²) in [5, 5.41) is 11.5. The first-order valence-corrected chi connectivity index (χ1v) is 9.89. The van der Waals surface area contributed by atoms with E-state index in [1.54, 1.807) is 24.3 Å². The predicted molar refractivity (Wildman–Crippen MR) is 109 cm³/mol. The molecule has 0 aromatic heterocycles. The second-order valence-corrected chi connectivity index (χ2v) is 7.66. The molecule has 2 N–H and O–H groups in total. The van der Waals surface area contributed by atoms with Gasteiger partial charge < -0.3 is 14.7 Å². The Hall–Kier alpha value is -3.92. The molecule has 0 unspecified atom stereocenters. The summed E-state index contributed by atoms with van der Waals surface area (Å²) >= 11 is 0. The second-order valence-electron chi connectivity index (χ2n) is 6.11. The van der Waals surface area contributed by atoms with E-state index in [1.165, 1.54) is 43.5 Å². The molecule has 3 aromatic carbocycles. The summed E-state index contributed by atoms with van der Waals surface area (Å²) in [5.41, 5.74) is 6.54. The van der Waals surface area contributed by atoms with Gasteiger partial charge in [0.1, 0.15) is 10.6 Å². The van der Waals surface area contributed by atoms with Crippen LogP contribution in [0.15, 0.2) is 71.6 Å². The van der Waals surface area contributed by atoms with Crippen molar-refractivity contribution < 1.29 is 27.1 Å². The van der Waals surface area contributed by atoms with Crippen LogP contribution in [0.3, 0.4) is 0 Å². The number of nitro groups is 1. The fourth-order valence-corrected chi connectivity index (χ4v) is 3.64. The number of rotatable bonds is 6. The van der Waals surface area contributed by atoms with Gasteiger partial charge in [-0.1, -0.05) is 18.2 Å². The van der Waals surface area contributed by atoms with Crippen molar-refractivity contribution in [3.63, 3.8) is 0 Å². The van der Waals surface area contributed by atoms with Crippen molar-refractivity contribution in [2.75, 3.05) is 12.8 Å². The molecule has 0 amide bonds. The summed E-state index contributed by atoms with van der Waals surface area (Å²) in [6, 6.07) is 15.2. The molecule has 30 heavy (non-hydrogen) atoms. The lowest BCUT2D eigenvalue weighted by molar-refractivity contribution is -0.384. The van der Waals surface area contributed by atoms with Crippen LogP contribution in [0, 0.1) is 10.1 Å². The van der Waals surface area contributed by atoms with E-state index >= 15 is 0 Å². The van der Waals surface area contributed by atoms with Crippen molar-refractivity contribution in [2.24, 2.45) is 0 Å². The minimum atomic E-state index is -4.40. The number of methoxy groups -OCH3 is 1. The van der Waals surface area contributed by atoms with Gasteiger partial charge in [0.2, 0.25) is 0 Å². The van der Waals surface area contributed by atoms with Gasteiger partial charge in [-0.3, -0.25) is 10.1 Å². The largest absolute Gasteiger partial charge is 0.465 e. The zero-order chi connectivity index (χ0) is 21.9. The topological polar surface area (TPSA) is 139 Å². The van der Waals surface area contributed by atoms with E-state index in [-0.39, 0.29) is 16.9 Å². The summed E-state index contributed by atoms with van der Waals surface area (Å²) in [7, 11) is -3.21. The van der Waals surface area contributed by atoms with E-state index in [0.29, 0.717) is 11.3 Å². The number of carbonyl (C=O) groups is 1. The van der Waals surface area contributed by atoms with Gasteiger partial charge in [-0.25, -0.2) is 4.79 Å². The molecule has 3 rings (SSSR count). The Balaban J connectivity index is 1.98. The number of nitrogens with two attached hydrogens (primary N) is 1. The van der Waals surface area contributed by atoms with Crippen LogP contribution in [0.1, 0.15) is 10.4 Å². The second kappa shape index (κ2) is 8.21. The smallest absolute Gasteiger partial charge is 0.339 e. The lowest BCUT2D eigenvalue weighted by Crippen LogP contribution is -2.11. The fraction of sp³-hybridized carbons (Fsp3) is 0.0500. The molecular weight excluding hydrogens is 412 g/mol. The van der Waals surface area contributed by atoms with Crippen LogP contribution >= 0.6 is 0 Å². The number of anilines is 1. The molecule has 0 saturated carbocycles. The Bertz CT molecular complexity index is 1220. The van der Waals surface area contributed by atoms with Crippen molar-refractivity contribution in [3.8, 4) is 16.9 Å². The molecule has 0 aliphatic heterocycles. The average Bonchev–Trinajstić information content (AvgIpc) is 2.73. The lowest BCUT2D eigenvalue weighted by Gasteiger charge is -2.10.